The van der Waals surface area contributed by atoms with Crippen LogP contribution in [0.4, 0.5) is 0 Å². The van der Waals surface area contributed by atoms with Crippen molar-refractivity contribution in [2.24, 2.45) is 0 Å². The van der Waals surface area contributed by atoms with Gasteiger partial charge >= 0.3 is 0 Å². The van der Waals surface area contributed by atoms with Gasteiger partial charge in [-0.1, -0.05) is 78.9 Å². The highest BCUT2D eigenvalue weighted by Gasteiger charge is 2.30. The van der Waals surface area contributed by atoms with E-state index in [2.05, 4.69) is 0 Å². The van der Waals surface area contributed by atoms with Crippen LogP contribution in [0.25, 0.3) is 0 Å². The zero-order valence-corrected chi connectivity index (χ0v) is 21.3. The van der Waals surface area contributed by atoms with E-state index in [1.54, 1.807) is 34.4 Å². The first-order chi connectivity index (χ1) is 16.5. The van der Waals surface area contributed by atoms with Crippen LogP contribution in [0.15, 0.2) is 66.0 Å². The van der Waals surface area contributed by atoms with Gasteiger partial charge in [0.2, 0.25) is 5.91 Å². The van der Waals surface area contributed by atoms with Gasteiger partial charge < -0.3 is 9.80 Å². The van der Waals surface area contributed by atoms with Crippen LogP contribution in [0.3, 0.4) is 0 Å². The molecule has 0 N–H and O–H groups in total. The molecule has 0 saturated heterocycles. The second kappa shape index (κ2) is 11.9. The zero-order valence-electron chi connectivity index (χ0n) is 19.0. The number of hydrogen-bond acceptors (Lipinski definition) is 3. The Morgan fingerprint density at radius 2 is 1.65 bits per heavy atom. The Labute approximate surface area is 215 Å². The van der Waals surface area contributed by atoms with Gasteiger partial charge in [-0.25, -0.2) is 0 Å². The Hall–Kier alpha value is -2.34. The first kappa shape index (κ1) is 24.8. The molecule has 2 amide bonds. The molecule has 1 aliphatic carbocycles. The van der Waals surface area contributed by atoms with Gasteiger partial charge in [-0.2, -0.15) is 0 Å². The highest BCUT2D eigenvalue weighted by atomic mass is 35.5. The molecule has 1 heterocycles. The van der Waals surface area contributed by atoms with Crippen molar-refractivity contribution in [3.05, 3.63) is 92.1 Å². The van der Waals surface area contributed by atoms with E-state index in [9.17, 15) is 9.59 Å². The number of carbonyl (C=O) groups is 2. The van der Waals surface area contributed by atoms with E-state index >= 15 is 0 Å². The van der Waals surface area contributed by atoms with E-state index in [4.69, 9.17) is 23.2 Å². The smallest absolute Gasteiger partial charge is 0.254 e. The van der Waals surface area contributed by atoms with Crippen LogP contribution in [0, 0.1) is 0 Å². The molecule has 0 bridgehead atoms. The van der Waals surface area contributed by atoms with E-state index in [-0.39, 0.29) is 24.4 Å². The van der Waals surface area contributed by atoms with Crippen molar-refractivity contribution in [1.29, 1.82) is 0 Å². The van der Waals surface area contributed by atoms with Crippen molar-refractivity contribution < 1.29 is 9.59 Å². The van der Waals surface area contributed by atoms with Crippen LogP contribution in [-0.2, 0) is 17.9 Å². The Balaban J connectivity index is 1.58. The standard InChI is InChI=1S/C27H28Cl2N2O2S/c28-24-14-13-21(16-25(24)29)27(33)31(22-10-5-2-6-11-22)19-26(32)30(18-23-12-7-15-34-23)17-20-8-3-1-4-9-20/h1,3-4,7-9,12-16,22H,2,5-6,10-11,17-19H2. The number of hydrogen-bond donors (Lipinski definition) is 0. The van der Waals surface area contributed by atoms with E-state index in [1.165, 1.54) is 0 Å². The van der Waals surface area contributed by atoms with Gasteiger partial charge in [0, 0.05) is 23.0 Å². The maximum absolute atomic E-state index is 13.7. The van der Waals surface area contributed by atoms with Crippen molar-refractivity contribution in [2.45, 2.75) is 51.2 Å². The van der Waals surface area contributed by atoms with Gasteiger partial charge in [0.1, 0.15) is 6.54 Å². The molecular formula is C27H28Cl2N2O2S. The SMILES string of the molecule is O=C(CN(C(=O)c1ccc(Cl)c(Cl)c1)C1CCCCC1)N(Cc1ccccc1)Cc1cccs1. The summed E-state index contributed by atoms with van der Waals surface area (Å²) < 4.78 is 0. The minimum Gasteiger partial charge on any atom is -0.332 e. The summed E-state index contributed by atoms with van der Waals surface area (Å²) in [7, 11) is 0. The van der Waals surface area contributed by atoms with Crippen molar-refractivity contribution in [3.8, 4) is 0 Å². The second-order valence-corrected chi connectivity index (χ2v) is 10.5. The maximum Gasteiger partial charge on any atom is 0.254 e. The third-order valence-electron chi connectivity index (χ3n) is 6.24. The summed E-state index contributed by atoms with van der Waals surface area (Å²) in [4.78, 5) is 32.0. The van der Waals surface area contributed by atoms with E-state index in [1.807, 2.05) is 52.7 Å². The van der Waals surface area contributed by atoms with E-state index < -0.39 is 0 Å². The molecule has 0 spiro atoms. The summed E-state index contributed by atoms with van der Waals surface area (Å²) in [5.74, 6) is -0.231. The first-order valence-corrected chi connectivity index (χ1v) is 13.2. The number of nitrogens with zero attached hydrogens (tertiary/aromatic N) is 2. The Morgan fingerprint density at radius 3 is 2.32 bits per heavy atom. The lowest BCUT2D eigenvalue weighted by Crippen LogP contribution is -2.48. The summed E-state index contributed by atoms with van der Waals surface area (Å²) in [5.41, 5.74) is 1.52. The third-order valence-corrected chi connectivity index (χ3v) is 7.84. The quantitative estimate of drug-likeness (QED) is 0.322. The molecule has 0 unspecified atom stereocenters. The van der Waals surface area contributed by atoms with E-state index in [0.717, 1.165) is 42.5 Å². The molecule has 2 aromatic carbocycles. The van der Waals surface area contributed by atoms with Crippen LogP contribution in [0.1, 0.15) is 52.9 Å². The second-order valence-electron chi connectivity index (χ2n) is 8.67. The number of carbonyl (C=O) groups excluding carboxylic acids is 2. The number of benzene rings is 2. The maximum atomic E-state index is 13.7. The zero-order chi connectivity index (χ0) is 23.9. The lowest BCUT2D eigenvalue weighted by atomic mass is 9.93. The van der Waals surface area contributed by atoms with Crippen LogP contribution in [0.2, 0.25) is 10.0 Å². The lowest BCUT2D eigenvalue weighted by molar-refractivity contribution is -0.133. The van der Waals surface area contributed by atoms with Crippen LogP contribution in [0.5, 0.6) is 0 Å². The van der Waals surface area contributed by atoms with Crippen molar-refractivity contribution in [1.82, 2.24) is 9.80 Å². The number of halogens is 2. The molecule has 0 radical (unpaired) electrons. The van der Waals surface area contributed by atoms with Crippen LogP contribution < -0.4 is 0 Å². The Kier molecular flexibility index (Phi) is 8.65. The Morgan fingerprint density at radius 1 is 0.882 bits per heavy atom. The topological polar surface area (TPSA) is 40.6 Å². The molecule has 1 aliphatic rings. The number of rotatable bonds is 8. The van der Waals surface area contributed by atoms with Crippen molar-refractivity contribution >= 4 is 46.4 Å². The lowest BCUT2D eigenvalue weighted by Gasteiger charge is -2.35. The minimum absolute atomic E-state index is 0.0416. The molecule has 34 heavy (non-hydrogen) atoms. The van der Waals surface area contributed by atoms with Crippen molar-refractivity contribution in [2.75, 3.05) is 6.54 Å². The molecule has 0 aliphatic heterocycles. The molecule has 4 nitrogen and oxygen atoms in total. The fraction of sp³-hybridized carbons (Fsp3) is 0.333. The van der Waals surface area contributed by atoms with Gasteiger partial charge in [-0.05, 0) is 48.1 Å². The van der Waals surface area contributed by atoms with Crippen LogP contribution >= 0.6 is 34.5 Å². The molecule has 1 fully saturated rings. The average Bonchev–Trinajstić information content (AvgIpc) is 3.38. The minimum atomic E-state index is -0.172. The summed E-state index contributed by atoms with van der Waals surface area (Å²) in [6.45, 7) is 1.06. The van der Waals surface area contributed by atoms with Crippen LogP contribution in [-0.4, -0.2) is 34.2 Å². The van der Waals surface area contributed by atoms with Gasteiger partial charge in [0.05, 0.1) is 16.6 Å². The highest BCUT2D eigenvalue weighted by molar-refractivity contribution is 7.09. The molecule has 4 rings (SSSR count). The van der Waals surface area contributed by atoms with Crippen molar-refractivity contribution in [3.63, 3.8) is 0 Å². The molecule has 3 aromatic rings. The summed E-state index contributed by atoms with van der Waals surface area (Å²) in [6, 6.07) is 19.0. The van der Waals surface area contributed by atoms with Gasteiger partial charge in [-0.15, -0.1) is 11.3 Å². The van der Waals surface area contributed by atoms with E-state index in [0.29, 0.717) is 28.7 Å². The summed E-state index contributed by atoms with van der Waals surface area (Å²) in [5, 5.41) is 2.76. The molecule has 178 valence electrons. The van der Waals surface area contributed by atoms with Gasteiger partial charge in [0.25, 0.3) is 5.91 Å². The average molecular weight is 516 g/mol. The third kappa shape index (κ3) is 6.41. The fourth-order valence-corrected chi connectivity index (χ4v) is 5.44. The molecule has 1 aromatic heterocycles. The molecule has 7 heteroatoms. The molecule has 0 atom stereocenters. The van der Waals surface area contributed by atoms with Gasteiger partial charge in [-0.3, -0.25) is 9.59 Å². The Bertz CT molecular complexity index is 1100. The fourth-order valence-electron chi connectivity index (χ4n) is 4.43. The predicted molar refractivity (Wildman–Crippen MR) is 139 cm³/mol. The molecule has 1 saturated carbocycles. The highest BCUT2D eigenvalue weighted by Crippen LogP contribution is 2.27. The normalized spacial score (nSPS) is 14.1. The predicted octanol–water partition coefficient (Wildman–Crippen LogP) is 7.06. The monoisotopic (exact) mass is 514 g/mol. The molecular weight excluding hydrogens is 487 g/mol. The van der Waals surface area contributed by atoms with Gasteiger partial charge in [0.15, 0.2) is 0 Å². The number of amides is 2. The first-order valence-electron chi connectivity index (χ1n) is 11.6. The summed E-state index contributed by atoms with van der Waals surface area (Å²) in [6.07, 6.45) is 5.10. The summed E-state index contributed by atoms with van der Waals surface area (Å²) >= 11 is 13.9. The largest absolute Gasteiger partial charge is 0.332 e. The number of thiophene rings is 1.